The van der Waals surface area contributed by atoms with Gasteiger partial charge in [-0.2, -0.15) is 0 Å². The van der Waals surface area contributed by atoms with E-state index in [9.17, 15) is 9.59 Å². The first kappa shape index (κ1) is 17.8. The van der Waals surface area contributed by atoms with E-state index in [2.05, 4.69) is 5.32 Å². The average Bonchev–Trinajstić information content (AvgIpc) is 3.45. The summed E-state index contributed by atoms with van der Waals surface area (Å²) in [6, 6.07) is 9.65. The molecule has 1 amide bonds. The van der Waals surface area contributed by atoms with Crippen LogP contribution in [0.1, 0.15) is 39.1 Å². The third-order valence-corrected chi connectivity index (χ3v) is 4.34. The normalized spacial score (nSPS) is 13.2. The van der Waals surface area contributed by atoms with E-state index in [0.29, 0.717) is 35.3 Å². The number of aryl methyl sites for hydroxylation is 1. The molecule has 6 nitrogen and oxygen atoms in total. The number of carbonyl (C=O) groups excluding carboxylic acids is 1. The molecule has 2 N–H and O–H groups in total. The Morgan fingerprint density at radius 3 is 2.62 bits per heavy atom. The molecule has 1 saturated carbocycles. The number of rotatable bonds is 7. The molecule has 0 heterocycles. The molecule has 2 aromatic rings. The molecule has 26 heavy (non-hydrogen) atoms. The van der Waals surface area contributed by atoms with Crippen LogP contribution in [0.25, 0.3) is 0 Å². The topological polar surface area (TPSA) is 84.9 Å². The summed E-state index contributed by atoms with van der Waals surface area (Å²) in [7, 11) is 1.56. The number of aromatic carboxylic acids is 1. The quantitative estimate of drug-likeness (QED) is 0.790. The lowest BCUT2D eigenvalue weighted by Crippen LogP contribution is -2.15. The Kier molecular flexibility index (Phi) is 5.11. The lowest BCUT2D eigenvalue weighted by atomic mass is 10.1. The van der Waals surface area contributed by atoms with Crippen molar-refractivity contribution in [1.82, 2.24) is 0 Å². The van der Waals surface area contributed by atoms with Gasteiger partial charge < -0.3 is 19.9 Å². The Balaban J connectivity index is 1.84. The van der Waals surface area contributed by atoms with Crippen LogP contribution in [-0.4, -0.2) is 30.7 Å². The van der Waals surface area contributed by atoms with Gasteiger partial charge in [0.05, 0.1) is 24.8 Å². The van der Waals surface area contributed by atoms with Crippen molar-refractivity contribution in [1.29, 1.82) is 0 Å². The van der Waals surface area contributed by atoms with Gasteiger partial charge in [0.25, 0.3) is 5.91 Å². The minimum Gasteiger partial charge on any atom is -0.497 e. The second-order valence-corrected chi connectivity index (χ2v) is 6.41. The second-order valence-electron chi connectivity index (χ2n) is 6.41. The first-order valence-electron chi connectivity index (χ1n) is 8.44. The van der Waals surface area contributed by atoms with Crippen LogP contribution >= 0.6 is 0 Å². The van der Waals surface area contributed by atoms with Crippen LogP contribution < -0.4 is 14.8 Å². The van der Waals surface area contributed by atoms with Gasteiger partial charge in [0.15, 0.2) is 0 Å². The van der Waals surface area contributed by atoms with Crippen molar-refractivity contribution in [2.45, 2.75) is 19.8 Å². The largest absolute Gasteiger partial charge is 0.497 e. The lowest BCUT2D eigenvalue weighted by molar-refractivity contribution is 0.0696. The maximum atomic E-state index is 12.7. The molecule has 0 bridgehead atoms. The van der Waals surface area contributed by atoms with Crippen molar-refractivity contribution in [3.05, 3.63) is 53.1 Å². The maximum absolute atomic E-state index is 12.7. The highest BCUT2D eigenvalue weighted by Gasteiger charge is 2.23. The fourth-order valence-electron chi connectivity index (χ4n) is 2.51. The number of amides is 1. The highest BCUT2D eigenvalue weighted by atomic mass is 16.5. The zero-order valence-electron chi connectivity index (χ0n) is 14.7. The van der Waals surface area contributed by atoms with Crippen molar-refractivity contribution in [3.8, 4) is 11.5 Å². The Labute approximate surface area is 151 Å². The van der Waals surface area contributed by atoms with E-state index >= 15 is 0 Å². The van der Waals surface area contributed by atoms with Gasteiger partial charge in [0.1, 0.15) is 11.5 Å². The summed E-state index contributed by atoms with van der Waals surface area (Å²) in [5.41, 5.74) is 1.73. The number of benzene rings is 2. The Morgan fingerprint density at radius 1 is 1.19 bits per heavy atom. The number of hydrogen-bond donors (Lipinski definition) is 2. The second kappa shape index (κ2) is 7.47. The van der Waals surface area contributed by atoms with E-state index in [4.69, 9.17) is 14.6 Å². The van der Waals surface area contributed by atoms with Gasteiger partial charge in [-0.3, -0.25) is 4.79 Å². The van der Waals surface area contributed by atoms with Gasteiger partial charge in [0, 0.05) is 11.8 Å². The van der Waals surface area contributed by atoms with Crippen LogP contribution in [0.2, 0.25) is 0 Å². The maximum Gasteiger partial charge on any atom is 0.335 e. The summed E-state index contributed by atoms with van der Waals surface area (Å²) in [5, 5.41) is 11.9. The number of carboxylic acids is 1. The smallest absolute Gasteiger partial charge is 0.335 e. The third-order valence-electron chi connectivity index (χ3n) is 4.34. The predicted molar refractivity (Wildman–Crippen MR) is 97.3 cm³/mol. The molecule has 3 rings (SSSR count). The van der Waals surface area contributed by atoms with Gasteiger partial charge in [0.2, 0.25) is 0 Å². The summed E-state index contributed by atoms with van der Waals surface area (Å²) in [4.78, 5) is 23.9. The summed E-state index contributed by atoms with van der Waals surface area (Å²) in [6.07, 6.45) is 2.29. The van der Waals surface area contributed by atoms with E-state index in [1.54, 1.807) is 38.3 Å². The number of carboxylic acid groups (broad SMARTS) is 1. The molecule has 136 valence electrons. The van der Waals surface area contributed by atoms with Crippen LogP contribution in [0.4, 0.5) is 5.69 Å². The van der Waals surface area contributed by atoms with Crippen molar-refractivity contribution in [2.24, 2.45) is 5.92 Å². The molecule has 0 aliphatic heterocycles. The van der Waals surface area contributed by atoms with Gasteiger partial charge in [-0.25, -0.2) is 4.79 Å². The first-order chi connectivity index (χ1) is 12.5. The summed E-state index contributed by atoms with van der Waals surface area (Å²) in [6.45, 7) is 2.38. The van der Waals surface area contributed by atoms with Crippen LogP contribution in [0.15, 0.2) is 36.4 Å². The molecule has 0 radical (unpaired) electrons. The van der Waals surface area contributed by atoms with Crippen molar-refractivity contribution in [2.75, 3.05) is 19.0 Å². The van der Waals surface area contributed by atoms with Crippen molar-refractivity contribution in [3.63, 3.8) is 0 Å². The molecule has 0 spiro atoms. The third kappa shape index (κ3) is 4.14. The number of hydrogen-bond acceptors (Lipinski definition) is 4. The summed E-state index contributed by atoms with van der Waals surface area (Å²) >= 11 is 0. The molecule has 0 aromatic heterocycles. The van der Waals surface area contributed by atoms with Gasteiger partial charge in [-0.1, -0.05) is 6.07 Å². The fraction of sp³-hybridized carbons (Fsp3) is 0.300. The first-order valence-corrected chi connectivity index (χ1v) is 8.44. The summed E-state index contributed by atoms with van der Waals surface area (Å²) in [5.74, 6) is 0.214. The van der Waals surface area contributed by atoms with Crippen molar-refractivity contribution < 1.29 is 24.2 Å². The number of ether oxygens (including phenoxy) is 2. The standard InChI is InChI=1S/C20H21NO5/c1-12-3-6-14(20(23)24)9-17(12)21-19(22)16-8-7-15(25-2)10-18(16)26-11-13-4-5-13/h3,6-10,13H,4-5,11H2,1-2H3,(H,21,22)(H,23,24). The highest BCUT2D eigenvalue weighted by Crippen LogP contribution is 2.32. The number of methoxy groups -OCH3 is 1. The summed E-state index contributed by atoms with van der Waals surface area (Å²) < 4.78 is 11.0. The van der Waals surface area contributed by atoms with Crippen LogP contribution in [0.3, 0.4) is 0 Å². The molecular weight excluding hydrogens is 334 g/mol. The SMILES string of the molecule is COc1ccc(C(=O)Nc2cc(C(=O)O)ccc2C)c(OCC2CC2)c1. The number of nitrogens with one attached hydrogen (secondary N) is 1. The minimum absolute atomic E-state index is 0.117. The van der Waals surface area contributed by atoms with E-state index in [0.717, 1.165) is 18.4 Å². The molecule has 0 atom stereocenters. The van der Waals surface area contributed by atoms with E-state index in [-0.39, 0.29) is 11.5 Å². The van der Waals surface area contributed by atoms with Crippen LogP contribution in [-0.2, 0) is 0 Å². The predicted octanol–water partition coefficient (Wildman–Crippen LogP) is 3.74. The molecule has 1 aliphatic rings. The highest BCUT2D eigenvalue weighted by molar-refractivity contribution is 6.07. The van der Waals surface area contributed by atoms with Gasteiger partial charge >= 0.3 is 5.97 Å². The Hall–Kier alpha value is -3.02. The molecule has 2 aromatic carbocycles. The van der Waals surface area contributed by atoms with E-state index < -0.39 is 5.97 Å². The molecule has 1 fully saturated rings. The Bertz CT molecular complexity index is 842. The van der Waals surface area contributed by atoms with Crippen LogP contribution in [0, 0.1) is 12.8 Å². The minimum atomic E-state index is -1.04. The fourth-order valence-corrected chi connectivity index (χ4v) is 2.51. The van der Waals surface area contributed by atoms with Gasteiger partial charge in [-0.15, -0.1) is 0 Å². The van der Waals surface area contributed by atoms with E-state index in [1.807, 2.05) is 0 Å². The zero-order valence-corrected chi connectivity index (χ0v) is 14.7. The molecule has 0 unspecified atom stereocenters. The molecule has 1 aliphatic carbocycles. The average molecular weight is 355 g/mol. The monoisotopic (exact) mass is 355 g/mol. The molecule has 0 saturated heterocycles. The van der Waals surface area contributed by atoms with Crippen molar-refractivity contribution >= 4 is 17.6 Å². The van der Waals surface area contributed by atoms with Gasteiger partial charge in [-0.05, 0) is 55.5 Å². The zero-order chi connectivity index (χ0) is 18.7. The Morgan fingerprint density at radius 2 is 1.96 bits per heavy atom. The number of anilines is 1. The van der Waals surface area contributed by atoms with E-state index in [1.165, 1.54) is 12.1 Å². The molecular formula is C20H21NO5. The molecule has 6 heteroatoms. The van der Waals surface area contributed by atoms with Crippen LogP contribution in [0.5, 0.6) is 11.5 Å². The lowest BCUT2D eigenvalue weighted by Gasteiger charge is -2.14. The number of carbonyl (C=O) groups is 2.